The highest BCUT2D eigenvalue weighted by Gasteiger charge is 2.02. The van der Waals surface area contributed by atoms with Gasteiger partial charge in [0.2, 0.25) is 0 Å². The van der Waals surface area contributed by atoms with E-state index in [4.69, 9.17) is 0 Å². The van der Waals surface area contributed by atoms with Gasteiger partial charge in [0, 0.05) is 6.54 Å². The van der Waals surface area contributed by atoms with Crippen molar-refractivity contribution in [2.45, 2.75) is 26.3 Å². The summed E-state index contributed by atoms with van der Waals surface area (Å²) in [6.45, 7) is 5.44. The van der Waals surface area contributed by atoms with Crippen LogP contribution in [0.25, 0.3) is 0 Å². The number of hydrogen-bond donors (Lipinski definition) is 1. The topological polar surface area (TPSA) is 15.3 Å². The number of hydrogen-bond acceptors (Lipinski definition) is 2. The lowest BCUT2D eigenvalue weighted by Crippen LogP contribution is -2.19. The van der Waals surface area contributed by atoms with Gasteiger partial charge in [-0.2, -0.15) is 0 Å². The van der Waals surface area contributed by atoms with Gasteiger partial charge in [0.05, 0.1) is 0 Å². The van der Waals surface area contributed by atoms with E-state index in [0.29, 0.717) is 0 Å². The molecule has 16 heavy (non-hydrogen) atoms. The molecular formula is C14H24N2. The molecule has 2 heteroatoms. The van der Waals surface area contributed by atoms with E-state index in [9.17, 15) is 0 Å². The molecule has 0 saturated heterocycles. The third-order valence-electron chi connectivity index (χ3n) is 2.60. The van der Waals surface area contributed by atoms with Crippen LogP contribution >= 0.6 is 0 Å². The molecule has 0 radical (unpaired) electrons. The summed E-state index contributed by atoms with van der Waals surface area (Å²) < 4.78 is 0. The van der Waals surface area contributed by atoms with Gasteiger partial charge in [0.25, 0.3) is 0 Å². The average Bonchev–Trinajstić information content (AvgIpc) is 2.26. The Morgan fingerprint density at radius 1 is 1.06 bits per heavy atom. The first-order chi connectivity index (χ1) is 7.74. The first kappa shape index (κ1) is 13.2. The zero-order chi connectivity index (χ0) is 11.8. The van der Waals surface area contributed by atoms with Crippen LogP contribution in [0.15, 0.2) is 24.3 Å². The van der Waals surface area contributed by atoms with E-state index in [0.717, 1.165) is 26.1 Å². The Kier molecular flexibility index (Phi) is 6.12. The van der Waals surface area contributed by atoms with Crippen LogP contribution in [-0.2, 0) is 13.0 Å². The zero-order valence-corrected chi connectivity index (χ0v) is 10.8. The van der Waals surface area contributed by atoms with Gasteiger partial charge in [0.15, 0.2) is 0 Å². The lowest BCUT2D eigenvalue weighted by molar-refractivity contribution is 0.400. The van der Waals surface area contributed by atoms with Crippen molar-refractivity contribution < 1.29 is 0 Å². The van der Waals surface area contributed by atoms with Gasteiger partial charge in [-0.3, -0.25) is 0 Å². The molecule has 0 aliphatic heterocycles. The van der Waals surface area contributed by atoms with E-state index in [1.54, 1.807) is 0 Å². The van der Waals surface area contributed by atoms with Gasteiger partial charge in [-0.05, 0) is 51.2 Å². The fourth-order valence-corrected chi connectivity index (χ4v) is 1.82. The van der Waals surface area contributed by atoms with Gasteiger partial charge in [0.1, 0.15) is 0 Å². The highest BCUT2D eigenvalue weighted by atomic mass is 15.0. The van der Waals surface area contributed by atoms with Crippen molar-refractivity contribution in [3.63, 3.8) is 0 Å². The van der Waals surface area contributed by atoms with Crippen LogP contribution in [0.3, 0.4) is 0 Å². The summed E-state index contributed by atoms with van der Waals surface area (Å²) in [6.07, 6.45) is 2.34. The monoisotopic (exact) mass is 220 g/mol. The predicted octanol–water partition coefficient (Wildman–Crippen LogP) is 2.29. The Labute approximate surface area is 99.7 Å². The molecule has 0 saturated carbocycles. The minimum Gasteiger partial charge on any atom is -0.316 e. The maximum absolute atomic E-state index is 3.45. The summed E-state index contributed by atoms with van der Waals surface area (Å²) in [7, 11) is 4.23. The van der Waals surface area contributed by atoms with Crippen molar-refractivity contribution in [1.82, 2.24) is 10.2 Å². The highest BCUT2D eigenvalue weighted by Crippen LogP contribution is 2.10. The molecule has 0 aliphatic carbocycles. The molecule has 0 amide bonds. The van der Waals surface area contributed by atoms with Crippen molar-refractivity contribution in [3.8, 4) is 0 Å². The van der Waals surface area contributed by atoms with Crippen molar-refractivity contribution in [3.05, 3.63) is 35.4 Å². The Balaban J connectivity index is 2.50. The van der Waals surface area contributed by atoms with Gasteiger partial charge < -0.3 is 10.2 Å². The van der Waals surface area contributed by atoms with Crippen molar-refractivity contribution in [1.29, 1.82) is 0 Å². The zero-order valence-electron chi connectivity index (χ0n) is 10.8. The Morgan fingerprint density at radius 2 is 1.75 bits per heavy atom. The van der Waals surface area contributed by atoms with E-state index in [1.165, 1.54) is 17.5 Å². The molecule has 90 valence electrons. The van der Waals surface area contributed by atoms with E-state index in [-0.39, 0.29) is 0 Å². The molecule has 0 heterocycles. The third-order valence-corrected chi connectivity index (χ3v) is 2.60. The normalized spacial score (nSPS) is 11.0. The molecule has 0 aromatic heterocycles. The molecule has 1 aromatic rings. The summed E-state index contributed by atoms with van der Waals surface area (Å²) in [5, 5.41) is 3.45. The molecule has 1 rings (SSSR count). The molecule has 0 spiro atoms. The highest BCUT2D eigenvalue weighted by molar-refractivity contribution is 5.27. The van der Waals surface area contributed by atoms with E-state index in [1.807, 2.05) is 0 Å². The fourth-order valence-electron chi connectivity index (χ4n) is 1.82. The Morgan fingerprint density at radius 3 is 2.38 bits per heavy atom. The Bertz CT molecular complexity index is 295. The molecule has 0 unspecified atom stereocenters. The van der Waals surface area contributed by atoms with Crippen LogP contribution in [0.5, 0.6) is 0 Å². The SMILES string of the molecule is CCCNCCc1ccccc1CN(C)C. The van der Waals surface area contributed by atoms with Crippen LogP contribution in [0, 0.1) is 0 Å². The summed E-state index contributed by atoms with van der Waals surface area (Å²) >= 11 is 0. The number of nitrogens with one attached hydrogen (secondary N) is 1. The van der Waals surface area contributed by atoms with Crippen LogP contribution in [0.4, 0.5) is 0 Å². The van der Waals surface area contributed by atoms with Gasteiger partial charge in [-0.15, -0.1) is 0 Å². The van der Waals surface area contributed by atoms with Gasteiger partial charge in [-0.1, -0.05) is 31.2 Å². The summed E-state index contributed by atoms with van der Waals surface area (Å²) in [4.78, 5) is 2.22. The minimum atomic E-state index is 1.03. The van der Waals surface area contributed by atoms with Crippen molar-refractivity contribution >= 4 is 0 Å². The molecule has 2 nitrogen and oxygen atoms in total. The largest absolute Gasteiger partial charge is 0.316 e. The molecule has 0 atom stereocenters. The first-order valence-corrected chi connectivity index (χ1v) is 6.16. The third kappa shape index (κ3) is 4.77. The van der Waals surface area contributed by atoms with Gasteiger partial charge >= 0.3 is 0 Å². The van der Waals surface area contributed by atoms with Gasteiger partial charge in [-0.25, -0.2) is 0 Å². The predicted molar refractivity (Wildman–Crippen MR) is 70.7 cm³/mol. The van der Waals surface area contributed by atoms with E-state index >= 15 is 0 Å². The molecule has 1 N–H and O–H groups in total. The second-order valence-electron chi connectivity index (χ2n) is 4.51. The number of nitrogens with zero attached hydrogens (tertiary/aromatic N) is 1. The molecular weight excluding hydrogens is 196 g/mol. The summed E-state index contributed by atoms with van der Waals surface area (Å²) in [6, 6.07) is 8.73. The molecule has 1 aromatic carbocycles. The smallest absolute Gasteiger partial charge is 0.0230 e. The van der Waals surface area contributed by atoms with Crippen LogP contribution in [-0.4, -0.2) is 32.1 Å². The van der Waals surface area contributed by atoms with Crippen LogP contribution in [0.2, 0.25) is 0 Å². The molecule has 0 bridgehead atoms. The lowest BCUT2D eigenvalue weighted by Gasteiger charge is -2.14. The minimum absolute atomic E-state index is 1.03. The molecule has 0 fully saturated rings. The first-order valence-electron chi connectivity index (χ1n) is 6.16. The quantitative estimate of drug-likeness (QED) is 0.709. The lowest BCUT2D eigenvalue weighted by atomic mass is 10.0. The van der Waals surface area contributed by atoms with Crippen LogP contribution < -0.4 is 5.32 Å². The second kappa shape index (κ2) is 7.42. The average molecular weight is 220 g/mol. The second-order valence-corrected chi connectivity index (χ2v) is 4.51. The standard InChI is InChI=1S/C14H24N2/c1-4-10-15-11-9-13-7-5-6-8-14(13)12-16(2)3/h5-8,15H,4,9-12H2,1-3H3. The van der Waals surface area contributed by atoms with Crippen LogP contribution in [0.1, 0.15) is 24.5 Å². The number of benzene rings is 1. The molecule has 0 aliphatic rings. The van der Waals surface area contributed by atoms with E-state index in [2.05, 4.69) is 55.5 Å². The number of rotatable bonds is 7. The maximum atomic E-state index is 3.45. The maximum Gasteiger partial charge on any atom is 0.0230 e. The van der Waals surface area contributed by atoms with Crippen molar-refractivity contribution in [2.24, 2.45) is 0 Å². The summed E-state index contributed by atoms with van der Waals surface area (Å²) in [5.41, 5.74) is 2.92. The van der Waals surface area contributed by atoms with Crippen molar-refractivity contribution in [2.75, 3.05) is 27.2 Å². The summed E-state index contributed by atoms with van der Waals surface area (Å²) in [5.74, 6) is 0. The Hall–Kier alpha value is -0.860. The fraction of sp³-hybridized carbons (Fsp3) is 0.571. The van der Waals surface area contributed by atoms with E-state index < -0.39 is 0 Å².